The molecule has 10 heteroatoms. The minimum absolute atomic E-state index is 0.0253. The van der Waals surface area contributed by atoms with Crippen LogP contribution in [0.1, 0.15) is 45.4 Å². The number of benzene rings is 1. The van der Waals surface area contributed by atoms with Gasteiger partial charge in [0.25, 0.3) is 0 Å². The standard InChI is InChI=1S/C23H30N4O6/c1-23(2,3)32-22(29)26-9-7-15(8-10-26)21-24-20(25-33-21)16-5-6-19(30-4)18(11-16)27(14-28)17-12-31-13-17/h5-6,11,14-15,17H,7-10,12-13H2,1-4H3. The van der Waals surface area contributed by atoms with Crippen molar-refractivity contribution >= 4 is 18.2 Å². The van der Waals surface area contributed by atoms with Crippen molar-refractivity contribution < 1.29 is 28.3 Å². The number of aromatic nitrogens is 2. The number of likely N-dealkylation sites (tertiary alicyclic amines) is 1. The highest BCUT2D eigenvalue weighted by molar-refractivity contribution is 5.82. The maximum Gasteiger partial charge on any atom is 0.410 e. The molecule has 0 N–H and O–H groups in total. The van der Waals surface area contributed by atoms with Gasteiger partial charge in [0, 0.05) is 24.6 Å². The average Bonchev–Trinajstić information content (AvgIpc) is 3.25. The number of amides is 2. The molecule has 3 heterocycles. The molecular formula is C23H30N4O6. The average molecular weight is 459 g/mol. The van der Waals surface area contributed by atoms with Gasteiger partial charge in [0.1, 0.15) is 11.4 Å². The fraction of sp³-hybridized carbons (Fsp3) is 0.565. The molecule has 0 unspecified atom stereocenters. The van der Waals surface area contributed by atoms with E-state index in [9.17, 15) is 9.59 Å². The van der Waals surface area contributed by atoms with Gasteiger partial charge in [-0.3, -0.25) is 4.79 Å². The van der Waals surface area contributed by atoms with Gasteiger partial charge < -0.3 is 28.5 Å². The largest absolute Gasteiger partial charge is 0.495 e. The fourth-order valence-corrected chi connectivity index (χ4v) is 3.91. The van der Waals surface area contributed by atoms with Gasteiger partial charge in [-0.15, -0.1) is 0 Å². The summed E-state index contributed by atoms with van der Waals surface area (Å²) in [6, 6.07) is 5.42. The van der Waals surface area contributed by atoms with E-state index in [1.807, 2.05) is 32.9 Å². The predicted octanol–water partition coefficient (Wildman–Crippen LogP) is 3.22. The summed E-state index contributed by atoms with van der Waals surface area (Å²) in [6.45, 7) is 7.69. The summed E-state index contributed by atoms with van der Waals surface area (Å²) < 4.78 is 21.7. The monoisotopic (exact) mass is 458 g/mol. The van der Waals surface area contributed by atoms with Gasteiger partial charge in [0.05, 0.1) is 32.1 Å². The van der Waals surface area contributed by atoms with E-state index in [0.717, 1.165) is 24.8 Å². The highest BCUT2D eigenvalue weighted by Gasteiger charge is 2.31. The van der Waals surface area contributed by atoms with Crippen LogP contribution < -0.4 is 9.64 Å². The smallest absolute Gasteiger partial charge is 0.410 e. The van der Waals surface area contributed by atoms with E-state index >= 15 is 0 Å². The van der Waals surface area contributed by atoms with E-state index in [1.165, 1.54) is 0 Å². The van der Waals surface area contributed by atoms with Crippen LogP contribution in [0, 0.1) is 0 Å². The topological polar surface area (TPSA) is 107 Å². The first-order chi connectivity index (χ1) is 15.8. The number of hydrogen-bond donors (Lipinski definition) is 0. The van der Waals surface area contributed by atoms with Gasteiger partial charge in [0.2, 0.25) is 18.1 Å². The van der Waals surface area contributed by atoms with Crippen LogP contribution in [0.2, 0.25) is 0 Å². The summed E-state index contributed by atoms with van der Waals surface area (Å²) in [6.07, 6.45) is 1.93. The van der Waals surface area contributed by atoms with Gasteiger partial charge in [-0.25, -0.2) is 4.79 Å². The van der Waals surface area contributed by atoms with Crippen LogP contribution in [0.3, 0.4) is 0 Å². The third kappa shape index (κ3) is 5.11. The van der Waals surface area contributed by atoms with Gasteiger partial charge in [-0.05, 0) is 51.8 Å². The van der Waals surface area contributed by atoms with Crippen molar-refractivity contribution in [2.45, 2.75) is 51.2 Å². The lowest BCUT2D eigenvalue weighted by Crippen LogP contribution is -2.48. The molecule has 0 bridgehead atoms. The minimum Gasteiger partial charge on any atom is -0.495 e. The van der Waals surface area contributed by atoms with Gasteiger partial charge in [-0.1, -0.05) is 5.16 Å². The number of piperidine rings is 1. The number of anilines is 1. The van der Waals surface area contributed by atoms with Gasteiger partial charge in [0.15, 0.2) is 0 Å². The first kappa shape index (κ1) is 23.0. The summed E-state index contributed by atoms with van der Waals surface area (Å²) in [7, 11) is 1.56. The van der Waals surface area contributed by atoms with E-state index < -0.39 is 5.60 Å². The Morgan fingerprint density at radius 1 is 1.24 bits per heavy atom. The molecule has 2 saturated heterocycles. The Labute approximate surface area is 192 Å². The van der Waals surface area contributed by atoms with Crippen LogP contribution in [-0.2, 0) is 14.3 Å². The summed E-state index contributed by atoms with van der Waals surface area (Å²) >= 11 is 0. The second kappa shape index (κ2) is 9.38. The van der Waals surface area contributed by atoms with Crippen LogP contribution in [0.4, 0.5) is 10.5 Å². The summed E-state index contributed by atoms with van der Waals surface area (Å²) in [5, 5.41) is 4.16. The van der Waals surface area contributed by atoms with E-state index in [-0.39, 0.29) is 18.1 Å². The van der Waals surface area contributed by atoms with E-state index in [4.69, 9.17) is 18.7 Å². The number of carbonyl (C=O) groups is 2. The number of nitrogens with zero attached hydrogens (tertiary/aromatic N) is 4. The Bertz CT molecular complexity index is 989. The lowest BCUT2D eigenvalue weighted by Gasteiger charge is -2.35. The quantitative estimate of drug-likeness (QED) is 0.608. The maximum atomic E-state index is 12.3. The van der Waals surface area contributed by atoms with Crippen molar-refractivity contribution in [2.24, 2.45) is 0 Å². The summed E-state index contributed by atoms with van der Waals surface area (Å²) in [5.41, 5.74) is 0.840. The molecule has 33 heavy (non-hydrogen) atoms. The fourth-order valence-electron chi connectivity index (χ4n) is 3.91. The zero-order valence-corrected chi connectivity index (χ0v) is 19.4. The molecule has 2 aliphatic rings. The molecule has 0 atom stereocenters. The molecule has 2 aromatic rings. The SMILES string of the molecule is COc1ccc(-c2noc(C3CCN(C(=O)OC(C)(C)C)CC3)n2)cc1N(C=O)C1COC1. The van der Waals surface area contributed by atoms with Crippen LogP contribution in [0.15, 0.2) is 22.7 Å². The van der Waals surface area contributed by atoms with E-state index in [1.54, 1.807) is 23.0 Å². The zero-order chi connectivity index (χ0) is 23.6. The Morgan fingerprint density at radius 2 is 1.97 bits per heavy atom. The molecule has 10 nitrogen and oxygen atoms in total. The molecule has 0 radical (unpaired) electrons. The molecule has 0 aliphatic carbocycles. The van der Waals surface area contributed by atoms with Gasteiger partial charge in [-0.2, -0.15) is 4.98 Å². The third-order valence-corrected chi connectivity index (χ3v) is 5.78. The number of rotatable bonds is 6. The predicted molar refractivity (Wildman–Crippen MR) is 119 cm³/mol. The Kier molecular flexibility index (Phi) is 6.55. The molecule has 2 amide bonds. The van der Waals surface area contributed by atoms with Gasteiger partial charge >= 0.3 is 6.09 Å². The van der Waals surface area contributed by atoms with Crippen molar-refractivity contribution in [2.75, 3.05) is 38.3 Å². The molecule has 2 fully saturated rings. The van der Waals surface area contributed by atoms with Crippen LogP contribution in [0.25, 0.3) is 11.4 Å². The van der Waals surface area contributed by atoms with Crippen molar-refractivity contribution in [1.82, 2.24) is 15.0 Å². The highest BCUT2D eigenvalue weighted by atomic mass is 16.6. The number of carbonyl (C=O) groups excluding carboxylic acids is 2. The molecule has 1 aromatic carbocycles. The Morgan fingerprint density at radius 3 is 2.55 bits per heavy atom. The number of ether oxygens (including phenoxy) is 3. The minimum atomic E-state index is -0.516. The number of hydrogen-bond acceptors (Lipinski definition) is 8. The van der Waals surface area contributed by atoms with Crippen molar-refractivity contribution in [3.05, 3.63) is 24.1 Å². The molecule has 1 aromatic heterocycles. The lowest BCUT2D eigenvalue weighted by atomic mass is 9.97. The van der Waals surface area contributed by atoms with Crippen molar-refractivity contribution in [3.63, 3.8) is 0 Å². The van der Waals surface area contributed by atoms with E-state index in [2.05, 4.69) is 10.1 Å². The van der Waals surface area contributed by atoms with Crippen LogP contribution >= 0.6 is 0 Å². The van der Waals surface area contributed by atoms with E-state index in [0.29, 0.717) is 49.5 Å². The first-order valence-electron chi connectivity index (χ1n) is 11.1. The molecule has 0 spiro atoms. The van der Waals surface area contributed by atoms with Crippen molar-refractivity contribution in [3.8, 4) is 17.1 Å². The molecule has 4 rings (SSSR count). The van der Waals surface area contributed by atoms with Crippen LogP contribution in [-0.4, -0.2) is 72.6 Å². The summed E-state index contributed by atoms with van der Waals surface area (Å²) in [5.74, 6) is 1.64. The normalized spacial score (nSPS) is 17.4. The Balaban J connectivity index is 1.46. The number of methoxy groups -OCH3 is 1. The van der Waals surface area contributed by atoms with Crippen molar-refractivity contribution in [1.29, 1.82) is 0 Å². The van der Waals surface area contributed by atoms with Crippen LogP contribution in [0.5, 0.6) is 5.75 Å². The summed E-state index contributed by atoms with van der Waals surface area (Å²) in [4.78, 5) is 32.0. The second-order valence-corrected chi connectivity index (χ2v) is 9.29. The molecule has 0 saturated carbocycles. The maximum absolute atomic E-state index is 12.3. The molecule has 178 valence electrons. The first-order valence-corrected chi connectivity index (χ1v) is 11.1. The molecule has 2 aliphatic heterocycles. The Hall–Kier alpha value is -3.14. The molecular weight excluding hydrogens is 428 g/mol. The second-order valence-electron chi connectivity index (χ2n) is 9.29. The lowest BCUT2D eigenvalue weighted by molar-refractivity contribution is -0.110. The zero-order valence-electron chi connectivity index (χ0n) is 19.4. The highest BCUT2D eigenvalue weighted by Crippen LogP contribution is 2.35. The third-order valence-electron chi connectivity index (χ3n) is 5.78.